The van der Waals surface area contributed by atoms with Gasteiger partial charge in [0.2, 0.25) is 0 Å². The molecule has 2 N–H and O–H groups in total. The van der Waals surface area contributed by atoms with Gasteiger partial charge in [-0.05, 0) is 25.3 Å². The number of nitrogens with zero attached hydrogens (tertiary/aromatic N) is 3. The molecule has 96 valence electrons. The van der Waals surface area contributed by atoms with Gasteiger partial charge in [0.25, 0.3) is 0 Å². The molecule has 4 nitrogen and oxygen atoms in total. The second kappa shape index (κ2) is 5.78. The lowest BCUT2D eigenvalue weighted by Gasteiger charge is -2.07. The third-order valence-electron chi connectivity index (χ3n) is 2.86. The summed E-state index contributed by atoms with van der Waals surface area (Å²) in [4.78, 5) is 0. The number of rotatable bonds is 5. The normalized spacial score (nSPS) is 12.6. The SMILES string of the molecule is CCCn1nncc1-c1ccc(CC(C)N)cc1. The Bertz CT molecular complexity index is 485. The molecule has 0 saturated carbocycles. The van der Waals surface area contributed by atoms with Gasteiger partial charge >= 0.3 is 0 Å². The summed E-state index contributed by atoms with van der Waals surface area (Å²) in [6.45, 7) is 5.06. The topological polar surface area (TPSA) is 56.7 Å². The van der Waals surface area contributed by atoms with E-state index in [0.29, 0.717) is 0 Å². The first-order chi connectivity index (χ1) is 8.70. The molecule has 1 unspecified atom stereocenters. The van der Waals surface area contributed by atoms with Crippen LogP contribution in [0.5, 0.6) is 0 Å². The summed E-state index contributed by atoms with van der Waals surface area (Å²) in [6.07, 6.45) is 3.78. The number of aryl methyl sites for hydroxylation is 1. The first-order valence-electron chi connectivity index (χ1n) is 6.44. The average molecular weight is 244 g/mol. The largest absolute Gasteiger partial charge is 0.328 e. The fourth-order valence-electron chi connectivity index (χ4n) is 2.04. The van der Waals surface area contributed by atoms with E-state index < -0.39 is 0 Å². The maximum absolute atomic E-state index is 5.80. The van der Waals surface area contributed by atoms with E-state index in [1.807, 2.05) is 17.8 Å². The van der Waals surface area contributed by atoms with Crippen molar-refractivity contribution in [1.82, 2.24) is 15.0 Å². The first kappa shape index (κ1) is 12.8. The Morgan fingerprint density at radius 1 is 1.28 bits per heavy atom. The quantitative estimate of drug-likeness (QED) is 0.877. The fourth-order valence-corrected chi connectivity index (χ4v) is 2.04. The van der Waals surface area contributed by atoms with Crippen LogP contribution in [0.3, 0.4) is 0 Å². The van der Waals surface area contributed by atoms with Gasteiger partial charge in [0.15, 0.2) is 0 Å². The molecule has 0 radical (unpaired) electrons. The van der Waals surface area contributed by atoms with Crippen LogP contribution < -0.4 is 5.73 Å². The lowest BCUT2D eigenvalue weighted by atomic mass is 10.0. The zero-order valence-corrected chi connectivity index (χ0v) is 11.0. The van der Waals surface area contributed by atoms with Gasteiger partial charge in [0.05, 0.1) is 11.9 Å². The Morgan fingerprint density at radius 3 is 2.61 bits per heavy atom. The Kier molecular flexibility index (Phi) is 4.10. The minimum Gasteiger partial charge on any atom is -0.328 e. The molecule has 1 aromatic heterocycles. The summed E-state index contributed by atoms with van der Waals surface area (Å²) in [5.41, 5.74) is 9.29. The predicted octanol–water partition coefficient (Wildman–Crippen LogP) is 2.24. The van der Waals surface area contributed by atoms with E-state index >= 15 is 0 Å². The molecule has 2 aromatic rings. The molecule has 0 bridgehead atoms. The van der Waals surface area contributed by atoms with Crippen molar-refractivity contribution in [1.29, 1.82) is 0 Å². The molecule has 4 heteroatoms. The Hall–Kier alpha value is -1.68. The van der Waals surface area contributed by atoms with E-state index in [0.717, 1.165) is 30.6 Å². The van der Waals surface area contributed by atoms with Crippen LogP contribution in [0.25, 0.3) is 11.3 Å². The van der Waals surface area contributed by atoms with Crippen molar-refractivity contribution in [3.8, 4) is 11.3 Å². The number of nitrogens with two attached hydrogens (primary N) is 1. The van der Waals surface area contributed by atoms with E-state index in [9.17, 15) is 0 Å². The molecule has 0 amide bonds. The Labute approximate surface area is 108 Å². The van der Waals surface area contributed by atoms with Gasteiger partial charge in [-0.25, -0.2) is 4.68 Å². The number of aromatic nitrogens is 3. The maximum Gasteiger partial charge on any atom is 0.0885 e. The van der Waals surface area contributed by atoms with Crippen molar-refractivity contribution in [2.45, 2.75) is 39.3 Å². The summed E-state index contributed by atoms with van der Waals surface area (Å²) in [5.74, 6) is 0. The molecule has 2 rings (SSSR count). The third-order valence-corrected chi connectivity index (χ3v) is 2.86. The highest BCUT2D eigenvalue weighted by atomic mass is 15.4. The number of benzene rings is 1. The fraction of sp³-hybridized carbons (Fsp3) is 0.429. The van der Waals surface area contributed by atoms with Crippen molar-refractivity contribution >= 4 is 0 Å². The van der Waals surface area contributed by atoms with Crippen LogP contribution in [0.1, 0.15) is 25.8 Å². The van der Waals surface area contributed by atoms with Crippen LogP contribution in [0.15, 0.2) is 30.5 Å². The average Bonchev–Trinajstić information content (AvgIpc) is 2.78. The summed E-state index contributed by atoms with van der Waals surface area (Å²) in [6, 6.07) is 8.68. The number of hydrogen-bond acceptors (Lipinski definition) is 3. The lowest BCUT2D eigenvalue weighted by molar-refractivity contribution is 0.584. The van der Waals surface area contributed by atoms with Crippen molar-refractivity contribution < 1.29 is 0 Å². The third kappa shape index (κ3) is 2.96. The van der Waals surface area contributed by atoms with E-state index in [2.05, 4.69) is 41.5 Å². The van der Waals surface area contributed by atoms with E-state index in [4.69, 9.17) is 5.73 Å². The molecular formula is C14H20N4. The van der Waals surface area contributed by atoms with Gasteiger partial charge in [-0.2, -0.15) is 0 Å². The summed E-state index contributed by atoms with van der Waals surface area (Å²) in [7, 11) is 0. The van der Waals surface area contributed by atoms with Crippen LogP contribution in [-0.4, -0.2) is 21.0 Å². The molecule has 0 aliphatic rings. The van der Waals surface area contributed by atoms with Gasteiger partial charge in [0, 0.05) is 18.2 Å². The number of hydrogen-bond donors (Lipinski definition) is 1. The van der Waals surface area contributed by atoms with E-state index in [1.165, 1.54) is 5.56 Å². The smallest absolute Gasteiger partial charge is 0.0885 e. The second-order valence-corrected chi connectivity index (χ2v) is 4.72. The molecule has 1 aromatic carbocycles. The lowest BCUT2D eigenvalue weighted by Crippen LogP contribution is -2.17. The standard InChI is InChI=1S/C14H20N4/c1-3-8-18-14(10-16-17-18)13-6-4-12(5-7-13)9-11(2)15/h4-7,10-11H,3,8-9,15H2,1-2H3. The van der Waals surface area contributed by atoms with Gasteiger partial charge in [-0.15, -0.1) is 5.10 Å². The highest BCUT2D eigenvalue weighted by Gasteiger charge is 2.06. The van der Waals surface area contributed by atoms with Crippen LogP contribution in [0, 0.1) is 0 Å². The monoisotopic (exact) mass is 244 g/mol. The molecule has 0 saturated heterocycles. The molecule has 0 aliphatic heterocycles. The zero-order valence-electron chi connectivity index (χ0n) is 11.0. The van der Waals surface area contributed by atoms with Crippen LogP contribution >= 0.6 is 0 Å². The second-order valence-electron chi connectivity index (χ2n) is 4.72. The first-order valence-corrected chi connectivity index (χ1v) is 6.44. The van der Waals surface area contributed by atoms with Crippen molar-refractivity contribution in [3.05, 3.63) is 36.0 Å². The van der Waals surface area contributed by atoms with Gasteiger partial charge in [-0.1, -0.05) is 36.4 Å². The molecule has 0 aliphatic carbocycles. The molecule has 1 atom stereocenters. The van der Waals surface area contributed by atoms with Crippen molar-refractivity contribution in [2.24, 2.45) is 5.73 Å². The van der Waals surface area contributed by atoms with E-state index in [-0.39, 0.29) is 6.04 Å². The Balaban J connectivity index is 2.20. The molecule has 0 spiro atoms. The summed E-state index contributed by atoms with van der Waals surface area (Å²) in [5, 5.41) is 8.08. The summed E-state index contributed by atoms with van der Waals surface area (Å²) < 4.78 is 1.95. The highest BCUT2D eigenvalue weighted by Crippen LogP contribution is 2.19. The van der Waals surface area contributed by atoms with Crippen molar-refractivity contribution in [3.63, 3.8) is 0 Å². The van der Waals surface area contributed by atoms with Gasteiger partial charge < -0.3 is 5.73 Å². The summed E-state index contributed by atoms with van der Waals surface area (Å²) >= 11 is 0. The molecule has 1 heterocycles. The molecule has 0 fully saturated rings. The van der Waals surface area contributed by atoms with Crippen LogP contribution in [-0.2, 0) is 13.0 Å². The maximum atomic E-state index is 5.80. The minimum absolute atomic E-state index is 0.197. The predicted molar refractivity (Wildman–Crippen MR) is 73.1 cm³/mol. The van der Waals surface area contributed by atoms with Gasteiger partial charge in [0.1, 0.15) is 0 Å². The highest BCUT2D eigenvalue weighted by molar-refractivity contribution is 5.58. The molecular weight excluding hydrogens is 224 g/mol. The van der Waals surface area contributed by atoms with Crippen LogP contribution in [0.2, 0.25) is 0 Å². The van der Waals surface area contributed by atoms with Crippen molar-refractivity contribution in [2.75, 3.05) is 0 Å². The zero-order chi connectivity index (χ0) is 13.0. The molecule has 18 heavy (non-hydrogen) atoms. The van der Waals surface area contributed by atoms with Gasteiger partial charge in [-0.3, -0.25) is 0 Å². The Morgan fingerprint density at radius 2 is 2.00 bits per heavy atom. The van der Waals surface area contributed by atoms with E-state index in [1.54, 1.807) is 0 Å². The van der Waals surface area contributed by atoms with Crippen LogP contribution in [0.4, 0.5) is 0 Å². The minimum atomic E-state index is 0.197.